The second-order valence-corrected chi connectivity index (χ2v) is 6.54. The summed E-state index contributed by atoms with van der Waals surface area (Å²) >= 11 is 0. The van der Waals surface area contributed by atoms with Gasteiger partial charge >= 0.3 is 5.97 Å². The Morgan fingerprint density at radius 1 is 1.21 bits per heavy atom. The lowest BCUT2D eigenvalue weighted by Crippen LogP contribution is -2.14. The van der Waals surface area contributed by atoms with Crippen molar-refractivity contribution in [2.45, 2.75) is 26.1 Å². The van der Waals surface area contributed by atoms with E-state index in [0.29, 0.717) is 17.2 Å². The van der Waals surface area contributed by atoms with E-state index in [2.05, 4.69) is 5.16 Å². The quantitative estimate of drug-likeness (QED) is 0.601. The molecule has 0 radical (unpaired) electrons. The number of carbonyl (C=O) groups is 1. The lowest BCUT2D eigenvalue weighted by Gasteiger charge is -2.05. The molecule has 0 saturated heterocycles. The molecule has 1 aliphatic heterocycles. The normalized spacial score (nSPS) is 15.0. The topological polar surface area (TPSA) is 70.8 Å². The van der Waals surface area contributed by atoms with Gasteiger partial charge in [0.15, 0.2) is 12.4 Å². The second kappa shape index (κ2) is 7.72. The van der Waals surface area contributed by atoms with Crippen molar-refractivity contribution >= 4 is 5.97 Å². The largest absolute Gasteiger partial charge is 0.490 e. The zero-order valence-corrected chi connectivity index (χ0v) is 15.2. The summed E-state index contributed by atoms with van der Waals surface area (Å²) in [6.07, 6.45) is 1.03. The Hall–Kier alpha value is -3.35. The first-order chi connectivity index (χ1) is 13.6. The predicted octanol–water partition coefficient (Wildman–Crippen LogP) is 3.93. The van der Waals surface area contributed by atoms with E-state index < -0.39 is 5.97 Å². The van der Waals surface area contributed by atoms with E-state index in [1.165, 1.54) is 24.3 Å². The maximum Gasteiger partial charge on any atom is 0.344 e. The third kappa shape index (κ3) is 4.14. The number of hydrogen-bond donors (Lipinski definition) is 0. The Bertz CT molecular complexity index is 983. The number of esters is 1. The number of ether oxygens (including phenoxy) is 3. The van der Waals surface area contributed by atoms with Crippen LogP contribution in [-0.2, 0) is 22.6 Å². The van der Waals surface area contributed by atoms with Crippen LogP contribution in [0.3, 0.4) is 0 Å². The highest BCUT2D eigenvalue weighted by molar-refractivity contribution is 5.71. The molecule has 1 atom stereocenters. The summed E-state index contributed by atoms with van der Waals surface area (Å²) in [7, 11) is 0. The Morgan fingerprint density at radius 3 is 2.86 bits per heavy atom. The molecule has 0 fully saturated rings. The smallest absolute Gasteiger partial charge is 0.344 e. The van der Waals surface area contributed by atoms with Crippen molar-refractivity contribution in [2.75, 3.05) is 6.61 Å². The van der Waals surface area contributed by atoms with E-state index in [4.69, 9.17) is 18.7 Å². The molecular formula is C21H18FNO5. The van der Waals surface area contributed by atoms with Gasteiger partial charge in [-0.2, -0.15) is 0 Å². The van der Waals surface area contributed by atoms with Crippen LogP contribution in [0.4, 0.5) is 4.39 Å². The Balaban J connectivity index is 1.31. The van der Waals surface area contributed by atoms with Crippen molar-refractivity contribution in [3.05, 3.63) is 65.6 Å². The maximum atomic E-state index is 12.8. The second-order valence-electron chi connectivity index (χ2n) is 6.54. The van der Waals surface area contributed by atoms with E-state index in [0.717, 1.165) is 23.3 Å². The molecule has 2 aromatic carbocycles. The minimum Gasteiger partial charge on any atom is -0.490 e. The molecule has 1 aliphatic rings. The fourth-order valence-electron chi connectivity index (χ4n) is 2.96. The van der Waals surface area contributed by atoms with Gasteiger partial charge in [-0.3, -0.25) is 0 Å². The van der Waals surface area contributed by atoms with Gasteiger partial charge in [-0.15, -0.1) is 0 Å². The molecule has 0 N–H and O–H groups in total. The molecule has 0 spiro atoms. The summed E-state index contributed by atoms with van der Waals surface area (Å²) < 4.78 is 34.3. The lowest BCUT2D eigenvalue weighted by atomic mass is 10.1. The van der Waals surface area contributed by atoms with Gasteiger partial charge in [0, 0.05) is 18.1 Å². The number of rotatable bonds is 6. The van der Waals surface area contributed by atoms with E-state index in [-0.39, 0.29) is 25.1 Å². The molecule has 1 aromatic heterocycles. The Kier molecular flexibility index (Phi) is 4.97. The predicted molar refractivity (Wildman–Crippen MR) is 97.4 cm³/mol. The number of benzene rings is 2. The van der Waals surface area contributed by atoms with Gasteiger partial charge in [0.1, 0.15) is 35.7 Å². The molecule has 2 heterocycles. The van der Waals surface area contributed by atoms with Gasteiger partial charge in [-0.05, 0) is 55.0 Å². The monoisotopic (exact) mass is 383 g/mol. The summed E-state index contributed by atoms with van der Waals surface area (Å²) in [5, 5.41) is 3.94. The van der Waals surface area contributed by atoms with Crippen molar-refractivity contribution < 1.29 is 27.9 Å². The summed E-state index contributed by atoms with van der Waals surface area (Å²) in [6, 6.07) is 13.0. The molecule has 0 amide bonds. The molecule has 7 heteroatoms. The molecule has 0 bridgehead atoms. The van der Waals surface area contributed by atoms with Gasteiger partial charge in [0.05, 0.1) is 0 Å². The minimum absolute atomic E-state index is 0.0276. The van der Waals surface area contributed by atoms with E-state index in [1.54, 1.807) is 6.07 Å². The van der Waals surface area contributed by atoms with Gasteiger partial charge in [0.25, 0.3) is 0 Å². The zero-order chi connectivity index (χ0) is 19.5. The van der Waals surface area contributed by atoms with Gasteiger partial charge in [-0.1, -0.05) is 5.16 Å². The standard InChI is InChI=1S/C21H18FNO5/c1-13-8-15-9-14(2-7-19(15)27-13)20-10-17(23-28-20)11-26-21(24)12-25-18-5-3-16(22)4-6-18/h2-7,9-10,13H,8,11-12H2,1H3. The van der Waals surface area contributed by atoms with Crippen LogP contribution in [0.25, 0.3) is 11.3 Å². The van der Waals surface area contributed by atoms with Gasteiger partial charge in [-0.25, -0.2) is 9.18 Å². The third-order valence-corrected chi connectivity index (χ3v) is 4.29. The Morgan fingerprint density at radius 2 is 2.04 bits per heavy atom. The molecule has 144 valence electrons. The van der Waals surface area contributed by atoms with Gasteiger partial charge in [0.2, 0.25) is 0 Å². The highest BCUT2D eigenvalue weighted by atomic mass is 19.1. The van der Waals surface area contributed by atoms with Crippen LogP contribution in [-0.4, -0.2) is 23.8 Å². The molecule has 6 nitrogen and oxygen atoms in total. The molecule has 28 heavy (non-hydrogen) atoms. The van der Waals surface area contributed by atoms with Crippen LogP contribution in [0.5, 0.6) is 11.5 Å². The van der Waals surface area contributed by atoms with Crippen molar-refractivity contribution in [1.82, 2.24) is 5.16 Å². The lowest BCUT2D eigenvalue weighted by molar-refractivity contribution is -0.147. The number of fused-ring (bicyclic) bond motifs is 1. The number of nitrogens with zero attached hydrogens (tertiary/aromatic N) is 1. The molecule has 3 aromatic rings. The fraction of sp³-hybridized carbons (Fsp3) is 0.238. The first kappa shape index (κ1) is 18.0. The number of carbonyl (C=O) groups excluding carboxylic acids is 1. The zero-order valence-electron chi connectivity index (χ0n) is 15.2. The number of hydrogen-bond acceptors (Lipinski definition) is 6. The maximum absolute atomic E-state index is 12.8. The van der Waals surface area contributed by atoms with Gasteiger partial charge < -0.3 is 18.7 Å². The van der Waals surface area contributed by atoms with Crippen molar-refractivity contribution in [1.29, 1.82) is 0 Å². The van der Waals surface area contributed by atoms with Crippen LogP contribution in [0.2, 0.25) is 0 Å². The molecule has 1 unspecified atom stereocenters. The highest BCUT2D eigenvalue weighted by Gasteiger charge is 2.20. The van der Waals surface area contributed by atoms with Crippen LogP contribution >= 0.6 is 0 Å². The summed E-state index contributed by atoms with van der Waals surface area (Å²) in [6.45, 7) is 1.72. The van der Waals surface area contributed by atoms with E-state index >= 15 is 0 Å². The van der Waals surface area contributed by atoms with E-state index in [1.807, 2.05) is 25.1 Å². The van der Waals surface area contributed by atoms with Crippen LogP contribution in [0.15, 0.2) is 53.1 Å². The van der Waals surface area contributed by atoms with Crippen molar-refractivity contribution in [3.63, 3.8) is 0 Å². The van der Waals surface area contributed by atoms with E-state index in [9.17, 15) is 9.18 Å². The first-order valence-electron chi connectivity index (χ1n) is 8.86. The average Bonchev–Trinajstić information content (AvgIpc) is 3.30. The highest BCUT2D eigenvalue weighted by Crippen LogP contribution is 2.33. The summed E-state index contributed by atoms with van der Waals surface area (Å²) in [4.78, 5) is 11.8. The van der Waals surface area contributed by atoms with Crippen LogP contribution < -0.4 is 9.47 Å². The van der Waals surface area contributed by atoms with Crippen LogP contribution in [0, 0.1) is 5.82 Å². The molecule has 0 saturated carbocycles. The summed E-state index contributed by atoms with van der Waals surface area (Å²) in [5.74, 6) is 0.943. The van der Waals surface area contributed by atoms with Crippen molar-refractivity contribution in [3.8, 4) is 22.8 Å². The Labute approximate surface area is 160 Å². The van der Waals surface area contributed by atoms with Crippen LogP contribution in [0.1, 0.15) is 18.2 Å². The summed E-state index contributed by atoms with van der Waals surface area (Å²) in [5.41, 5.74) is 2.52. The molecular weight excluding hydrogens is 365 g/mol. The fourth-order valence-corrected chi connectivity index (χ4v) is 2.96. The van der Waals surface area contributed by atoms with Crippen molar-refractivity contribution in [2.24, 2.45) is 0 Å². The molecule has 0 aliphatic carbocycles. The number of halogens is 1. The third-order valence-electron chi connectivity index (χ3n) is 4.29. The SMILES string of the molecule is CC1Cc2cc(-c3cc(COC(=O)COc4ccc(F)cc4)no3)ccc2O1. The number of aromatic nitrogens is 1. The minimum atomic E-state index is -0.558. The average molecular weight is 383 g/mol. The molecule has 4 rings (SSSR count). The first-order valence-corrected chi connectivity index (χ1v) is 8.86.